The molecule has 30 heavy (non-hydrogen) atoms. The second kappa shape index (κ2) is 9.20. The van der Waals surface area contributed by atoms with Crippen molar-refractivity contribution in [3.05, 3.63) is 65.7 Å². The van der Waals surface area contributed by atoms with E-state index in [1.54, 1.807) is 6.92 Å². The summed E-state index contributed by atoms with van der Waals surface area (Å²) in [6.07, 6.45) is 4.84. The molecule has 0 radical (unpaired) electrons. The van der Waals surface area contributed by atoms with Crippen LogP contribution in [0.4, 0.5) is 0 Å². The summed E-state index contributed by atoms with van der Waals surface area (Å²) >= 11 is 0. The number of aromatic nitrogens is 4. The highest BCUT2D eigenvalue weighted by Gasteiger charge is 2.16. The fraction of sp³-hybridized carbons (Fsp3) is 0.417. The number of hydrogen-bond donors (Lipinski definition) is 0. The van der Waals surface area contributed by atoms with E-state index in [-0.39, 0.29) is 23.8 Å². The molecule has 0 spiro atoms. The van der Waals surface area contributed by atoms with Crippen LogP contribution in [0.3, 0.4) is 0 Å². The second-order valence-electron chi connectivity index (χ2n) is 8.50. The third kappa shape index (κ3) is 5.53. The minimum atomic E-state index is -0.249. The molecule has 0 aliphatic carbocycles. The van der Waals surface area contributed by atoms with Gasteiger partial charge in [-0.15, -0.1) is 0 Å². The molecule has 0 aliphatic rings. The molecule has 0 saturated carbocycles. The van der Waals surface area contributed by atoms with Gasteiger partial charge in [0.25, 0.3) is 0 Å². The average Bonchev–Trinajstić information content (AvgIpc) is 3.20. The molecule has 0 aromatic carbocycles. The van der Waals surface area contributed by atoms with Crippen LogP contribution in [0, 0.1) is 0 Å². The van der Waals surface area contributed by atoms with E-state index in [1.165, 1.54) is 0 Å². The van der Waals surface area contributed by atoms with Crippen LogP contribution in [-0.4, -0.2) is 32.3 Å². The Kier molecular flexibility index (Phi) is 6.65. The molecular weight excluding hydrogens is 376 g/mol. The van der Waals surface area contributed by atoms with Gasteiger partial charge < -0.3 is 4.74 Å². The molecule has 3 rings (SSSR count). The van der Waals surface area contributed by atoms with E-state index in [2.05, 4.69) is 37.8 Å². The summed E-state index contributed by atoms with van der Waals surface area (Å²) < 4.78 is 6.94. The lowest BCUT2D eigenvalue weighted by atomic mass is 9.97. The molecule has 3 aromatic heterocycles. The predicted molar refractivity (Wildman–Crippen MR) is 117 cm³/mol. The molecule has 158 valence electrons. The van der Waals surface area contributed by atoms with Gasteiger partial charge in [-0.1, -0.05) is 19.1 Å². The van der Waals surface area contributed by atoms with Gasteiger partial charge in [0.2, 0.25) is 0 Å². The monoisotopic (exact) mass is 406 g/mol. The Morgan fingerprint density at radius 3 is 2.53 bits per heavy atom. The lowest BCUT2D eigenvalue weighted by molar-refractivity contribution is -0.142. The quantitative estimate of drug-likeness (QED) is 0.539. The normalized spacial score (nSPS) is 12.6. The van der Waals surface area contributed by atoms with Gasteiger partial charge in [-0.25, -0.2) is 0 Å². The van der Waals surface area contributed by atoms with Crippen molar-refractivity contribution in [2.45, 2.75) is 58.9 Å². The van der Waals surface area contributed by atoms with Crippen LogP contribution in [0.15, 0.2) is 48.8 Å². The maximum atomic E-state index is 11.6. The third-order valence-electron chi connectivity index (χ3n) is 4.91. The Balaban J connectivity index is 1.68. The standard InChI is InChI=1S/C24H30N4O2/c1-6-30-23(29)15-19-11-10-18(16-25-19)17(2)14-20-8-7-9-21(26-20)22-12-13-28(27-22)24(3,4)5/h7-13,16-17H,6,14-15H2,1-5H3. The molecule has 0 N–H and O–H groups in total. The first kappa shape index (κ1) is 21.7. The van der Waals surface area contributed by atoms with Crippen LogP contribution in [0.5, 0.6) is 0 Å². The van der Waals surface area contributed by atoms with E-state index in [0.29, 0.717) is 6.61 Å². The summed E-state index contributed by atoms with van der Waals surface area (Å²) in [5.74, 6) is 0.00439. The van der Waals surface area contributed by atoms with Gasteiger partial charge in [-0.2, -0.15) is 5.10 Å². The highest BCUT2D eigenvalue weighted by molar-refractivity contribution is 5.71. The van der Waals surface area contributed by atoms with Gasteiger partial charge in [0.1, 0.15) is 5.69 Å². The topological polar surface area (TPSA) is 69.9 Å². The van der Waals surface area contributed by atoms with Gasteiger partial charge in [0.05, 0.1) is 30.0 Å². The van der Waals surface area contributed by atoms with Crippen LogP contribution < -0.4 is 0 Å². The highest BCUT2D eigenvalue weighted by Crippen LogP contribution is 2.23. The SMILES string of the molecule is CCOC(=O)Cc1ccc(C(C)Cc2cccc(-c3ccn(C(C)(C)C)n3)n2)cn1. The second-order valence-corrected chi connectivity index (χ2v) is 8.50. The van der Waals surface area contributed by atoms with E-state index in [1.807, 2.05) is 53.5 Å². The van der Waals surface area contributed by atoms with Crippen molar-refractivity contribution in [2.75, 3.05) is 6.61 Å². The van der Waals surface area contributed by atoms with E-state index in [0.717, 1.165) is 34.8 Å². The van der Waals surface area contributed by atoms with Crippen molar-refractivity contribution in [2.24, 2.45) is 0 Å². The Hall–Kier alpha value is -3.02. The zero-order chi connectivity index (χ0) is 21.7. The van der Waals surface area contributed by atoms with Crippen molar-refractivity contribution in [3.8, 4) is 11.4 Å². The van der Waals surface area contributed by atoms with Crippen LogP contribution in [0.2, 0.25) is 0 Å². The molecule has 1 atom stereocenters. The molecule has 0 bridgehead atoms. The number of pyridine rings is 2. The number of esters is 1. The van der Waals surface area contributed by atoms with Crippen molar-refractivity contribution >= 4 is 5.97 Å². The molecule has 0 aliphatic heterocycles. The first-order chi connectivity index (χ1) is 14.3. The Morgan fingerprint density at radius 2 is 1.90 bits per heavy atom. The fourth-order valence-electron chi connectivity index (χ4n) is 3.19. The van der Waals surface area contributed by atoms with Crippen molar-refractivity contribution in [1.82, 2.24) is 19.7 Å². The number of ether oxygens (including phenoxy) is 1. The third-order valence-corrected chi connectivity index (χ3v) is 4.91. The molecule has 0 amide bonds. The number of carbonyl (C=O) groups is 1. The number of rotatable bonds is 7. The van der Waals surface area contributed by atoms with Crippen LogP contribution >= 0.6 is 0 Å². The molecule has 3 heterocycles. The number of nitrogens with zero attached hydrogens (tertiary/aromatic N) is 4. The lowest BCUT2D eigenvalue weighted by Crippen LogP contribution is -2.22. The molecule has 3 aromatic rings. The summed E-state index contributed by atoms with van der Waals surface area (Å²) in [6, 6.07) is 12.0. The molecule has 0 fully saturated rings. The lowest BCUT2D eigenvalue weighted by Gasteiger charge is -2.18. The summed E-state index contributed by atoms with van der Waals surface area (Å²) in [7, 11) is 0. The summed E-state index contributed by atoms with van der Waals surface area (Å²) in [6.45, 7) is 10.7. The van der Waals surface area contributed by atoms with Gasteiger partial charge >= 0.3 is 5.97 Å². The fourth-order valence-corrected chi connectivity index (χ4v) is 3.19. The largest absolute Gasteiger partial charge is 0.466 e. The number of carbonyl (C=O) groups excluding carboxylic acids is 1. The first-order valence-electron chi connectivity index (χ1n) is 10.4. The summed E-state index contributed by atoms with van der Waals surface area (Å²) in [5.41, 5.74) is 4.55. The smallest absolute Gasteiger partial charge is 0.311 e. The summed E-state index contributed by atoms with van der Waals surface area (Å²) in [5, 5.41) is 4.68. The van der Waals surface area contributed by atoms with Crippen LogP contribution in [0.1, 0.15) is 57.5 Å². The zero-order valence-corrected chi connectivity index (χ0v) is 18.4. The minimum absolute atomic E-state index is 0.0587. The number of hydrogen-bond acceptors (Lipinski definition) is 5. The Bertz CT molecular complexity index is 987. The molecule has 6 heteroatoms. The van der Waals surface area contributed by atoms with E-state index in [9.17, 15) is 4.79 Å². The van der Waals surface area contributed by atoms with Gasteiger partial charge in [0, 0.05) is 18.1 Å². The predicted octanol–water partition coefficient (Wildman–Crippen LogP) is 4.55. The zero-order valence-electron chi connectivity index (χ0n) is 18.4. The van der Waals surface area contributed by atoms with Gasteiger partial charge in [-0.05, 0) is 69.9 Å². The first-order valence-corrected chi connectivity index (χ1v) is 10.4. The van der Waals surface area contributed by atoms with E-state index < -0.39 is 0 Å². The van der Waals surface area contributed by atoms with Crippen LogP contribution in [-0.2, 0) is 27.9 Å². The molecule has 1 unspecified atom stereocenters. The van der Waals surface area contributed by atoms with Crippen molar-refractivity contribution < 1.29 is 9.53 Å². The molecular formula is C24H30N4O2. The van der Waals surface area contributed by atoms with Crippen LogP contribution in [0.25, 0.3) is 11.4 Å². The van der Waals surface area contributed by atoms with E-state index >= 15 is 0 Å². The van der Waals surface area contributed by atoms with Crippen molar-refractivity contribution in [1.29, 1.82) is 0 Å². The molecule has 6 nitrogen and oxygen atoms in total. The summed E-state index contributed by atoms with van der Waals surface area (Å²) in [4.78, 5) is 20.8. The molecule has 0 saturated heterocycles. The maximum Gasteiger partial charge on any atom is 0.311 e. The minimum Gasteiger partial charge on any atom is -0.466 e. The Morgan fingerprint density at radius 1 is 1.10 bits per heavy atom. The Labute approximate surface area is 178 Å². The highest BCUT2D eigenvalue weighted by atomic mass is 16.5. The van der Waals surface area contributed by atoms with Gasteiger partial charge in [-0.3, -0.25) is 19.4 Å². The van der Waals surface area contributed by atoms with Gasteiger partial charge in [0.15, 0.2) is 0 Å². The average molecular weight is 407 g/mol. The maximum absolute atomic E-state index is 11.6. The van der Waals surface area contributed by atoms with E-state index in [4.69, 9.17) is 9.72 Å². The van der Waals surface area contributed by atoms with Crippen molar-refractivity contribution in [3.63, 3.8) is 0 Å².